The minimum Gasteiger partial charge on any atom is -0.476 e. The molecule has 1 heterocycles. The van der Waals surface area contributed by atoms with E-state index < -0.39 is 6.10 Å². The summed E-state index contributed by atoms with van der Waals surface area (Å²) in [6, 6.07) is 3.56. The van der Waals surface area contributed by atoms with Gasteiger partial charge in [0.15, 0.2) is 0 Å². The molecule has 114 valence electrons. The van der Waals surface area contributed by atoms with Crippen LogP contribution in [0.5, 0.6) is 5.88 Å². The summed E-state index contributed by atoms with van der Waals surface area (Å²) in [6.07, 6.45) is -0.565. The number of likely N-dealkylation sites (N-methyl/N-ethyl adjacent to an activating group) is 1. The number of rotatable bonds is 8. The zero-order valence-corrected chi connectivity index (χ0v) is 12.7. The average Bonchev–Trinajstić information content (AvgIpc) is 2.37. The molecule has 0 amide bonds. The van der Waals surface area contributed by atoms with Crippen molar-refractivity contribution < 1.29 is 14.6 Å². The topological polar surface area (TPSA) is 80.8 Å². The second kappa shape index (κ2) is 7.91. The fourth-order valence-corrected chi connectivity index (χ4v) is 1.67. The summed E-state index contributed by atoms with van der Waals surface area (Å²) in [4.78, 5) is 6.22. The van der Waals surface area contributed by atoms with Crippen molar-refractivity contribution in [1.29, 1.82) is 0 Å². The van der Waals surface area contributed by atoms with Gasteiger partial charge in [-0.3, -0.25) is 0 Å². The van der Waals surface area contributed by atoms with Crippen LogP contribution in [-0.4, -0.2) is 50.1 Å². The third-order valence-electron chi connectivity index (χ3n) is 2.66. The van der Waals surface area contributed by atoms with Gasteiger partial charge in [0.1, 0.15) is 5.82 Å². The Morgan fingerprint density at radius 3 is 2.65 bits per heavy atom. The van der Waals surface area contributed by atoms with Crippen LogP contribution < -0.4 is 15.4 Å². The van der Waals surface area contributed by atoms with Crippen molar-refractivity contribution in [1.82, 2.24) is 4.98 Å². The van der Waals surface area contributed by atoms with Gasteiger partial charge in [-0.15, -0.1) is 0 Å². The van der Waals surface area contributed by atoms with Gasteiger partial charge in [0.05, 0.1) is 25.0 Å². The molecule has 6 heteroatoms. The molecule has 0 radical (unpaired) electrons. The van der Waals surface area contributed by atoms with Gasteiger partial charge in [-0.1, -0.05) is 13.8 Å². The van der Waals surface area contributed by atoms with Crippen molar-refractivity contribution >= 4 is 11.5 Å². The Labute approximate surface area is 120 Å². The van der Waals surface area contributed by atoms with Crippen LogP contribution in [0.4, 0.5) is 11.5 Å². The molecular weight excluding hydrogens is 258 g/mol. The lowest BCUT2D eigenvalue weighted by molar-refractivity contribution is 0.0694. The molecule has 0 bridgehead atoms. The van der Waals surface area contributed by atoms with Crippen LogP contribution in [0.2, 0.25) is 0 Å². The van der Waals surface area contributed by atoms with Crippen LogP contribution in [0, 0.1) is 5.92 Å². The van der Waals surface area contributed by atoms with Crippen LogP contribution in [0.1, 0.15) is 13.8 Å². The summed E-state index contributed by atoms with van der Waals surface area (Å²) in [7, 11) is 3.41. The molecule has 0 aliphatic carbocycles. The van der Waals surface area contributed by atoms with Crippen molar-refractivity contribution in [2.45, 2.75) is 20.0 Å². The molecule has 1 unspecified atom stereocenters. The van der Waals surface area contributed by atoms with Crippen molar-refractivity contribution in [2.24, 2.45) is 5.92 Å². The maximum atomic E-state index is 9.73. The maximum absolute atomic E-state index is 9.73. The first-order valence-electron chi connectivity index (χ1n) is 6.71. The molecule has 1 aromatic heterocycles. The Morgan fingerprint density at radius 2 is 2.05 bits per heavy atom. The molecule has 0 aliphatic rings. The number of anilines is 2. The quantitative estimate of drug-likeness (QED) is 0.744. The summed E-state index contributed by atoms with van der Waals surface area (Å²) in [5.41, 5.74) is 6.36. The first-order valence-corrected chi connectivity index (χ1v) is 6.71. The third kappa shape index (κ3) is 5.22. The fourth-order valence-electron chi connectivity index (χ4n) is 1.67. The second-order valence-electron chi connectivity index (χ2n) is 5.26. The van der Waals surface area contributed by atoms with E-state index in [-0.39, 0.29) is 6.61 Å². The highest BCUT2D eigenvalue weighted by Crippen LogP contribution is 2.23. The van der Waals surface area contributed by atoms with E-state index in [1.165, 1.54) is 0 Å². The second-order valence-corrected chi connectivity index (χ2v) is 5.26. The van der Waals surface area contributed by atoms with E-state index >= 15 is 0 Å². The highest BCUT2D eigenvalue weighted by molar-refractivity contribution is 5.54. The molecule has 1 atom stereocenters. The number of ether oxygens (including phenoxy) is 2. The SMILES string of the molecule is COCC(O)CN(C)c1ccc(N)c(OCC(C)C)n1. The molecule has 0 spiro atoms. The Bertz CT molecular complexity index is 413. The normalized spacial score (nSPS) is 12.5. The summed E-state index contributed by atoms with van der Waals surface area (Å²) in [6.45, 7) is 5.40. The fraction of sp³-hybridized carbons (Fsp3) is 0.643. The summed E-state index contributed by atoms with van der Waals surface area (Å²) < 4.78 is 10.5. The van der Waals surface area contributed by atoms with Gasteiger partial charge >= 0.3 is 0 Å². The van der Waals surface area contributed by atoms with Crippen molar-refractivity contribution in [3.05, 3.63) is 12.1 Å². The van der Waals surface area contributed by atoms with E-state index in [4.69, 9.17) is 15.2 Å². The van der Waals surface area contributed by atoms with Gasteiger partial charge in [0, 0.05) is 20.7 Å². The Balaban J connectivity index is 2.72. The highest BCUT2D eigenvalue weighted by Gasteiger charge is 2.12. The number of aliphatic hydroxyl groups excluding tert-OH is 1. The average molecular weight is 283 g/mol. The Hall–Kier alpha value is -1.53. The van der Waals surface area contributed by atoms with Gasteiger partial charge in [0.25, 0.3) is 0 Å². The van der Waals surface area contributed by atoms with Crippen molar-refractivity contribution in [2.75, 3.05) is 44.5 Å². The number of hydrogen-bond acceptors (Lipinski definition) is 6. The minimum atomic E-state index is -0.565. The molecule has 0 aromatic carbocycles. The minimum absolute atomic E-state index is 0.288. The molecule has 1 aromatic rings. The lowest BCUT2D eigenvalue weighted by atomic mass is 10.2. The van der Waals surface area contributed by atoms with Crippen LogP contribution in [-0.2, 0) is 4.74 Å². The van der Waals surface area contributed by atoms with Crippen LogP contribution in [0.25, 0.3) is 0 Å². The first kappa shape index (κ1) is 16.5. The molecule has 0 saturated carbocycles. The lowest BCUT2D eigenvalue weighted by Crippen LogP contribution is -2.32. The predicted octanol–water partition coefficient (Wildman–Crippen LogP) is 1.14. The molecule has 0 fully saturated rings. The Kier molecular flexibility index (Phi) is 6.54. The number of aromatic nitrogens is 1. The maximum Gasteiger partial charge on any atom is 0.239 e. The van der Waals surface area contributed by atoms with Gasteiger partial charge < -0.3 is 25.2 Å². The number of nitrogens with zero attached hydrogens (tertiary/aromatic N) is 2. The zero-order chi connectivity index (χ0) is 15.1. The van der Waals surface area contributed by atoms with Crippen LogP contribution in [0.15, 0.2) is 12.1 Å². The van der Waals surface area contributed by atoms with E-state index in [0.29, 0.717) is 36.5 Å². The van der Waals surface area contributed by atoms with Crippen LogP contribution >= 0.6 is 0 Å². The smallest absolute Gasteiger partial charge is 0.239 e. The molecule has 20 heavy (non-hydrogen) atoms. The molecule has 0 saturated heterocycles. The summed E-state index contributed by atoms with van der Waals surface area (Å²) >= 11 is 0. The summed E-state index contributed by atoms with van der Waals surface area (Å²) in [5.74, 6) is 1.54. The Morgan fingerprint density at radius 1 is 1.35 bits per heavy atom. The predicted molar refractivity (Wildman–Crippen MR) is 80.1 cm³/mol. The molecule has 0 aliphatic heterocycles. The third-order valence-corrected chi connectivity index (χ3v) is 2.66. The molecule has 6 nitrogen and oxygen atoms in total. The molecule has 1 rings (SSSR count). The monoisotopic (exact) mass is 283 g/mol. The number of aliphatic hydroxyl groups is 1. The van der Waals surface area contributed by atoms with E-state index in [1.54, 1.807) is 19.2 Å². The number of nitrogen functional groups attached to an aromatic ring is 1. The van der Waals surface area contributed by atoms with E-state index in [1.807, 2.05) is 11.9 Å². The number of methoxy groups -OCH3 is 1. The van der Waals surface area contributed by atoms with E-state index in [9.17, 15) is 5.11 Å². The lowest BCUT2D eigenvalue weighted by Gasteiger charge is -2.22. The van der Waals surface area contributed by atoms with Gasteiger partial charge in [-0.05, 0) is 18.1 Å². The van der Waals surface area contributed by atoms with Gasteiger partial charge in [0.2, 0.25) is 5.88 Å². The van der Waals surface area contributed by atoms with Crippen molar-refractivity contribution in [3.63, 3.8) is 0 Å². The molecular formula is C14H25N3O3. The standard InChI is InChI=1S/C14H25N3O3/c1-10(2)8-20-14-12(15)5-6-13(16-14)17(3)7-11(18)9-19-4/h5-6,10-11,18H,7-9,15H2,1-4H3. The highest BCUT2D eigenvalue weighted by atomic mass is 16.5. The number of nitrogens with two attached hydrogens (primary N) is 1. The van der Waals surface area contributed by atoms with Crippen molar-refractivity contribution in [3.8, 4) is 5.88 Å². The van der Waals surface area contributed by atoms with E-state index in [2.05, 4.69) is 18.8 Å². The van der Waals surface area contributed by atoms with Gasteiger partial charge in [-0.2, -0.15) is 4.98 Å². The van der Waals surface area contributed by atoms with E-state index in [0.717, 1.165) is 0 Å². The molecule has 3 N–H and O–H groups in total. The van der Waals surface area contributed by atoms with Gasteiger partial charge in [-0.25, -0.2) is 0 Å². The largest absolute Gasteiger partial charge is 0.476 e. The number of pyridine rings is 1. The zero-order valence-electron chi connectivity index (χ0n) is 12.7. The summed E-state index contributed by atoms with van der Waals surface area (Å²) in [5, 5.41) is 9.73. The van der Waals surface area contributed by atoms with Crippen LogP contribution in [0.3, 0.4) is 0 Å². The number of hydrogen-bond donors (Lipinski definition) is 2. The first-order chi connectivity index (χ1) is 9.43.